The zero-order valence-electron chi connectivity index (χ0n) is 22.5. The smallest absolute Gasteiger partial charge is 0.264 e. The Balaban J connectivity index is 1.19. The van der Waals surface area contributed by atoms with E-state index < -0.39 is 0 Å². The van der Waals surface area contributed by atoms with Crippen LogP contribution in [0, 0.1) is 13.8 Å². The van der Waals surface area contributed by atoms with Crippen LogP contribution in [0.5, 0.6) is 0 Å². The highest BCUT2D eigenvalue weighted by Gasteiger charge is 2.30. The Labute approximate surface area is 237 Å². The Bertz CT molecular complexity index is 1430. The standard InChI is InChI=1S/C30H33N5O2S2/c1-21-11-13-24(14-12-21)28-31-32-30(35(28)25-8-4-7-22(2)19-25)39-18-6-10-27(36)33-15-16-34(23(3)20-33)29(37)26-9-5-17-38-26/h4-5,7-9,11-14,17,19,23H,6,10,15-16,18,20H2,1-3H3. The molecule has 0 saturated carbocycles. The zero-order chi connectivity index (χ0) is 27.4. The van der Waals surface area contributed by atoms with Gasteiger partial charge in [0.25, 0.3) is 5.91 Å². The molecule has 0 bridgehead atoms. The number of hydrogen-bond donors (Lipinski definition) is 0. The molecule has 4 aromatic rings. The second kappa shape index (κ2) is 12.2. The van der Waals surface area contributed by atoms with Gasteiger partial charge in [0.15, 0.2) is 11.0 Å². The van der Waals surface area contributed by atoms with Crippen molar-refractivity contribution in [1.29, 1.82) is 0 Å². The first-order valence-corrected chi connectivity index (χ1v) is 15.1. The predicted molar refractivity (Wildman–Crippen MR) is 158 cm³/mol. The summed E-state index contributed by atoms with van der Waals surface area (Å²) in [5, 5.41) is 11.8. The first-order valence-electron chi connectivity index (χ1n) is 13.3. The average Bonchev–Trinajstić information content (AvgIpc) is 3.62. The SMILES string of the molecule is Cc1ccc(-c2nnc(SCCCC(=O)N3CCN(C(=O)c4cccs4)C(C)C3)n2-c2cccc(C)c2)cc1. The summed E-state index contributed by atoms with van der Waals surface area (Å²) in [4.78, 5) is 30.3. The third-order valence-corrected chi connectivity index (χ3v) is 8.82. The molecule has 0 aliphatic carbocycles. The maximum Gasteiger partial charge on any atom is 0.264 e. The molecule has 202 valence electrons. The molecule has 0 N–H and O–H groups in total. The molecule has 1 aliphatic heterocycles. The average molecular weight is 560 g/mol. The molecular formula is C30H33N5O2S2. The number of piperazine rings is 1. The Kier molecular flexibility index (Phi) is 8.47. The van der Waals surface area contributed by atoms with Gasteiger partial charge in [0.2, 0.25) is 5.91 Å². The van der Waals surface area contributed by atoms with E-state index in [2.05, 4.69) is 71.1 Å². The molecule has 0 radical (unpaired) electrons. The van der Waals surface area contributed by atoms with Gasteiger partial charge in [0.1, 0.15) is 0 Å². The number of hydrogen-bond acceptors (Lipinski definition) is 6. The lowest BCUT2D eigenvalue weighted by Crippen LogP contribution is -2.55. The lowest BCUT2D eigenvalue weighted by atomic mass is 10.1. The number of thiophene rings is 1. The van der Waals surface area contributed by atoms with Gasteiger partial charge in [-0.25, -0.2) is 0 Å². The summed E-state index contributed by atoms with van der Waals surface area (Å²) >= 11 is 3.09. The van der Waals surface area contributed by atoms with Crippen molar-refractivity contribution >= 4 is 34.9 Å². The number of amides is 2. The summed E-state index contributed by atoms with van der Waals surface area (Å²) in [6, 6.07) is 20.4. The highest BCUT2D eigenvalue weighted by molar-refractivity contribution is 7.99. The van der Waals surface area contributed by atoms with Gasteiger partial charge in [-0.3, -0.25) is 14.2 Å². The van der Waals surface area contributed by atoms with Crippen molar-refractivity contribution < 1.29 is 9.59 Å². The number of aryl methyl sites for hydroxylation is 2. The molecule has 1 atom stereocenters. The van der Waals surface area contributed by atoms with Crippen molar-refractivity contribution in [2.75, 3.05) is 25.4 Å². The second-order valence-electron chi connectivity index (χ2n) is 9.96. The van der Waals surface area contributed by atoms with E-state index in [1.807, 2.05) is 40.3 Å². The minimum absolute atomic E-state index is 0.000231. The van der Waals surface area contributed by atoms with Crippen LogP contribution in [-0.4, -0.2) is 67.8 Å². The number of rotatable bonds is 8. The van der Waals surface area contributed by atoms with E-state index in [0.717, 1.165) is 39.3 Å². The largest absolute Gasteiger partial charge is 0.339 e. The van der Waals surface area contributed by atoms with Crippen molar-refractivity contribution in [2.24, 2.45) is 0 Å². The van der Waals surface area contributed by atoms with Gasteiger partial charge in [-0.2, -0.15) is 0 Å². The molecule has 2 aromatic heterocycles. The first kappa shape index (κ1) is 27.1. The lowest BCUT2D eigenvalue weighted by molar-refractivity contribution is -0.133. The quantitative estimate of drug-likeness (QED) is 0.200. The molecule has 7 nitrogen and oxygen atoms in total. The summed E-state index contributed by atoms with van der Waals surface area (Å²) in [5.41, 5.74) is 4.41. The molecule has 1 fully saturated rings. The number of carbonyl (C=O) groups is 2. The van der Waals surface area contributed by atoms with Gasteiger partial charge in [0.05, 0.1) is 4.88 Å². The molecule has 39 heavy (non-hydrogen) atoms. The van der Waals surface area contributed by atoms with Crippen molar-refractivity contribution in [3.05, 3.63) is 82.0 Å². The van der Waals surface area contributed by atoms with Gasteiger partial charge in [-0.15, -0.1) is 21.5 Å². The monoisotopic (exact) mass is 559 g/mol. The maximum absolute atomic E-state index is 13.0. The molecule has 5 rings (SSSR count). The van der Waals surface area contributed by atoms with E-state index in [1.54, 1.807) is 11.8 Å². The molecule has 1 saturated heterocycles. The Hall–Kier alpha value is -3.43. The summed E-state index contributed by atoms with van der Waals surface area (Å²) in [5.74, 6) is 1.77. The summed E-state index contributed by atoms with van der Waals surface area (Å²) in [6.07, 6.45) is 1.22. The Morgan fingerprint density at radius 1 is 1.00 bits per heavy atom. The summed E-state index contributed by atoms with van der Waals surface area (Å²) in [6.45, 7) is 7.89. The van der Waals surface area contributed by atoms with Crippen LogP contribution in [0.25, 0.3) is 17.1 Å². The zero-order valence-corrected chi connectivity index (χ0v) is 24.2. The molecule has 0 spiro atoms. The minimum atomic E-state index is -0.000231. The highest BCUT2D eigenvalue weighted by atomic mass is 32.2. The molecule has 2 aromatic carbocycles. The van der Waals surface area contributed by atoms with Gasteiger partial charge in [0, 0.05) is 49.1 Å². The fourth-order valence-corrected chi connectivity index (χ4v) is 6.40. The fraction of sp³-hybridized carbons (Fsp3) is 0.333. The molecule has 1 unspecified atom stereocenters. The third-order valence-electron chi connectivity index (χ3n) is 6.94. The van der Waals surface area contributed by atoms with Gasteiger partial charge < -0.3 is 9.80 Å². The van der Waals surface area contributed by atoms with Crippen molar-refractivity contribution in [1.82, 2.24) is 24.6 Å². The van der Waals surface area contributed by atoms with Crippen LogP contribution in [0.2, 0.25) is 0 Å². The van der Waals surface area contributed by atoms with Crippen LogP contribution in [0.1, 0.15) is 40.6 Å². The van der Waals surface area contributed by atoms with E-state index in [0.29, 0.717) is 26.1 Å². The number of carbonyl (C=O) groups excluding carboxylic acids is 2. The van der Waals surface area contributed by atoms with E-state index in [-0.39, 0.29) is 17.9 Å². The van der Waals surface area contributed by atoms with Crippen molar-refractivity contribution in [3.63, 3.8) is 0 Å². The predicted octanol–water partition coefficient (Wildman–Crippen LogP) is 5.86. The highest BCUT2D eigenvalue weighted by Crippen LogP contribution is 2.29. The van der Waals surface area contributed by atoms with Crippen molar-refractivity contribution in [3.8, 4) is 17.1 Å². The van der Waals surface area contributed by atoms with E-state index in [4.69, 9.17) is 0 Å². The number of nitrogens with zero attached hydrogens (tertiary/aromatic N) is 5. The molecule has 1 aliphatic rings. The normalized spacial score (nSPS) is 15.5. The molecular weight excluding hydrogens is 526 g/mol. The molecule has 9 heteroatoms. The van der Waals surface area contributed by atoms with E-state index in [1.165, 1.54) is 22.5 Å². The number of benzene rings is 2. The van der Waals surface area contributed by atoms with Crippen molar-refractivity contribution in [2.45, 2.75) is 44.8 Å². The minimum Gasteiger partial charge on any atom is -0.339 e. The second-order valence-corrected chi connectivity index (χ2v) is 12.0. The van der Waals surface area contributed by atoms with Gasteiger partial charge >= 0.3 is 0 Å². The van der Waals surface area contributed by atoms with Crippen LogP contribution in [0.3, 0.4) is 0 Å². The summed E-state index contributed by atoms with van der Waals surface area (Å²) in [7, 11) is 0. The van der Waals surface area contributed by atoms with Gasteiger partial charge in [-0.1, -0.05) is 59.8 Å². The topological polar surface area (TPSA) is 71.3 Å². The first-order chi connectivity index (χ1) is 18.9. The van der Waals surface area contributed by atoms with Crippen LogP contribution in [0.15, 0.2) is 71.2 Å². The lowest BCUT2D eigenvalue weighted by Gasteiger charge is -2.39. The van der Waals surface area contributed by atoms with Crippen LogP contribution < -0.4 is 0 Å². The van der Waals surface area contributed by atoms with Crippen LogP contribution in [-0.2, 0) is 4.79 Å². The van der Waals surface area contributed by atoms with Crippen LogP contribution in [0.4, 0.5) is 0 Å². The molecule has 2 amide bonds. The van der Waals surface area contributed by atoms with Gasteiger partial charge in [-0.05, 0) is 56.3 Å². The van der Waals surface area contributed by atoms with Crippen LogP contribution >= 0.6 is 23.1 Å². The van der Waals surface area contributed by atoms with E-state index >= 15 is 0 Å². The van der Waals surface area contributed by atoms with E-state index in [9.17, 15) is 9.59 Å². The third kappa shape index (κ3) is 6.25. The maximum atomic E-state index is 13.0. The number of thioether (sulfide) groups is 1. The Morgan fingerprint density at radius 2 is 1.82 bits per heavy atom. The summed E-state index contributed by atoms with van der Waals surface area (Å²) < 4.78 is 2.11. The fourth-order valence-electron chi connectivity index (χ4n) is 4.83. The number of aromatic nitrogens is 3. The molecule has 3 heterocycles. The Morgan fingerprint density at radius 3 is 2.54 bits per heavy atom.